The van der Waals surface area contributed by atoms with Crippen molar-refractivity contribution in [3.05, 3.63) is 51.7 Å². The highest BCUT2D eigenvalue weighted by Crippen LogP contribution is 2.37. The Balaban J connectivity index is 1.51. The van der Waals surface area contributed by atoms with E-state index in [1.165, 1.54) is 0 Å². The second-order valence-corrected chi connectivity index (χ2v) is 8.89. The monoisotopic (exact) mass is 428 g/mol. The van der Waals surface area contributed by atoms with Crippen LogP contribution >= 0.6 is 0 Å². The minimum absolute atomic E-state index is 0.0870. The summed E-state index contributed by atoms with van der Waals surface area (Å²) in [7, 11) is 0. The number of aromatic amines is 1. The van der Waals surface area contributed by atoms with E-state index in [4.69, 9.17) is 10.7 Å². The van der Waals surface area contributed by atoms with Crippen LogP contribution in [-0.4, -0.2) is 46.8 Å². The molecule has 5 N–H and O–H groups in total. The zero-order valence-corrected chi connectivity index (χ0v) is 17.9. The molecule has 0 spiro atoms. The number of hydrogen-bond acceptors (Lipinski definition) is 6. The van der Waals surface area contributed by atoms with Crippen LogP contribution in [-0.2, 0) is 6.42 Å². The van der Waals surface area contributed by atoms with E-state index in [-0.39, 0.29) is 23.4 Å². The van der Waals surface area contributed by atoms with Gasteiger partial charge in [-0.1, -0.05) is 0 Å². The lowest BCUT2D eigenvalue weighted by molar-refractivity contribution is 0.234. The minimum Gasteiger partial charge on any atom is -0.354 e. The molecule has 1 aliphatic carbocycles. The molecule has 1 atom stereocenters. The maximum Gasteiger partial charge on any atom is 0.256 e. The van der Waals surface area contributed by atoms with E-state index in [0.717, 1.165) is 42.8 Å². The van der Waals surface area contributed by atoms with E-state index in [0.29, 0.717) is 44.6 Å². The lowest BCUT2D eigenvalue weighted by Gasteiger charge is -2.29. The normalized spacial score (nSPS) is 23.4. The van der Waals surface area contributed by atoms with Crippen molar-refractivity contribution in [2.45, 2.75) is 69.0 Å². The van der Waals surface area contributed by atoms with Crippen molar-refractivity contribution in [3.63, 3.8) is 0 Å². The molecule has 31 heavy (non-hydrogen) atoms. The summed E-state index contributed by atoms with van der Waals surface area (Å²) < 4.78 is 13.7. The molecule has 0 amide bonds. The van der Waals surface area contributed by atoms with Crippen LogP contribution in [0.2, 0.25) is 0 Å². The molecule has 8 heteroatoms. The number of aromatic nitrogens is 3. The van der Waals surface area contributed by atoms with E-state index in [1.54, 1.807) is 12.4 Å². The molecule has 3 heterocycles. The van der Waals surface area contributed by atoms with Crippen LogP contribution in [0.3, 0.4) is 0 Å². The Bertz CT molecular complexity index is 891. The summed E-state index contributed by atoms with van der Waals surface area (Å²) in [5.41, 5.74) is 9.01. The fourth-order valence-corrected chi connectivity index (χ4v) is 4.85. The molecule has 4 rings (SSSR count). The largest absolute Gasteiger partial charge is 0.354 e. The highest BCUT2D eigenvalue weighted by atomic mass is 19.1. The van der Waals surface area contributed by atoms with Gasteiger partial charge in [0.25, 0.3) is 5.56 Å². The SMILES string of the molecule is NC(CNc1nc(C2CCNCC2)c(C2CCC(F)CC2)c(=O)[nH]1)Cc1ccncc1. The number of halogens is 1. The Labute approximate surface area is 182 Å². The first kappa shape index (κ1) is 21.9. The van der Waals surface area contributed by atoms with E-state index >= 15 is 0 Å². The molecule has 2 aromatic rings. The Morgan fingerprint density at radius 2 is 1.81 bits per heavy atom. The summed E-state index contributed by atoms with van der Waals surface area (Å²) in [6.07, 6.45) is 7.90. The van der Waals surface area contributed by atoms with Crippen LogP contribution in [0.1, 0.15) is 67.2 Å². The topological polar surface area (TPSA) is 109 Å². The van der Waals surface area contributed by atoms with Crippen LogP contribution in [0.15, 0.2) is 29.3 Å². The summed E-state index contributed by atoms with van der Waals surface area (Å²) >= 11 is 0. The van der Waals surface area contributed by atoms with E-state index in [1.807, 2.05) is 12.1 Å². The van der Waals surface area contributed by atoms with Crippen molar-refractivity contribution in [2.24, 2.45) is 5.73 Å². The lowest BCUT2D eigenvalue weighted by Crippen LogP contribution is -2.34. The molecule has 1 aliphatic heterocycles. The van der Waals surface area contributed by atoms with Crippen molar-refractivity contribution in [2.75, 3.05) is 25.0 Å². The fraction of sp³-hybridized carbons (Fsp3) is 0.609. The molecule has 0 radical (unpaired) electrons. The van der Waals surface area contributed by atoms with Gasteiger partial charge in [-0.2, -0.15) is 0 Å². The fourth-order valence-electron chi connectivity index (χ4n) is 4.85. The first-order valence-electron chi connectivity index (χ1n) is 11.5. The van der Waals surface area contributed by atoms with Gasteiger partial charge < -0.3 is 16.4 Å². The number of alkyl halides is 1. The third-order valence-corrected chi connectivity index (χ3v) is 6.55. The summed E-state index contributed by atoms with van der Waals surface area (Å²) in [6.45, 7) is 2.36. The van der Waals surface area contributed by atoms with Gasteiger partial charge in [-0.15, -0.1) is 0 Å². The standard InChI is InChI=1S/C23H33FN6O/c24-18-3-1-16(2-4-18)20-21(17-7-11-27-12-8-17)29-23(30-22(20)31)28-14-19(25)13-15-5-9-26-10-6-15/h5-6,9-10,16-19,27H,1-4,7-8,11-14,25H2,(H2,28,29,30,31). The molecule has 1 unspecified atom stereocenters. The summed E-state index contributed by atoms with van der Waals surface area (Å²) in [6, 6.07) is 3.79. The molecular weight excluding hydrogens is 395 g/mol. The maximum absolute atomic E-state index is 13.7. The van der Waals surface area contributed by atoms with Crippen LogP contribution < -0.4 is 21.9 Å². The van der Waals surface area contributed by atoms with Crippen molar-refractivity contribution in [1.82, 2.24) is 20.3 Å². The van der Waals surface area contributed by atoms with Gasteiger partial charge in [0.2, 0.25) is 5.95 Å². The first-order chi connectivity index (χ1) is 15.1. The number of rotatable bonds is 7. The molecule has 2 aliphatic rings. The van der Waals surface area contributed by atoms with Gasteiger partial charge >= 0.3 is 0 Å². The zero-order valence-electron chi connectivity index (χ0n) is 17.9. The molecule has 7 nitrogen and oxygen atoms in total. The van der Waals surface area contributed by atoms with Gasteiger partial charge in [-0.05, 0) is 81.6 Å². The molecule has 0 bridgehead atoms. The predicted octanol–water partition coefficient (Wildman–Crippen LogP) is 2.61. The van der Waals surface area contributed by atoms with Crippen molar-refractivity contribution >= 4 is 5.95 Å². The van der Waals surface area contributed by atoms with Gasteiger partial charge in [-0.3, -0.25) is 14.8 Å². The Morgan fingerprint density at radius 1 is 1.10 bits per heavy atom. The number of piperidine rings is 1. The highest BCUT2D eigenvalue weighted by molar-refractivity contribution is 5.34. The van der Waals surface area contributed by atoms with Crippen LogP contribution in [0.5, 0.6) is 0 Å². The van der Waals surface area contributed by atoms with Crippen molar-refractivity contribution < 1.29 is 4.39 Å². The molecule has 2 fully saturated rings. The van der Waals surface area contributed by atoms with Gasteiger partial charge in [0.05, 0.1) is 5.69 Å². The number of hydrogen-bond donors (Lipinski definition) is 4. The quantitative estimate of drug-likeness (QED) is 0.540. The first-order valence-corrected chi connectivity index (χ1v) is 11.5. The molecule has 2 aromatic heterocycles. The minimum atomic E-state index is -0.742. The molecule has 1 saturated heterocycles. The Morgan fingerprint density at radius 3 is 2.52 bits per heavy atom. The molecular formula is C23H33FN6O. The third-order valence-electron chi connectivity index (χ3n) is 6.55. The van der Waals surface area contributed by atoms with Crippen molar-refractivity contribution in [3.8, 4) is 0 Å². The van der Waals surface area contributed by atoms with Crippen LogP contribution in [0.4, 0.5) is 10.3 Å². The average Bonchev–Trinajstić information content (AvgIpc) is 2.79. The van der Waals surface area contributed by atoms with E-state index in [2.05, 4.69) is 20.6 Å². The number of pyridine rings is 1. The second-order valence-electron chi connectivity index (χ2n) is 8.89. The van der Waals surface area contributed by atoms with Crippen molar-refractivity contribution in [1.29, 1.82) is 0 Å². The van der Waals surface area contributed by atoms with Gasteiger partial charge in [-0.25, -0.2) is 9.37 Å². The molecule has 0 aromatic carbocycles. The summed E-state index contributed by atoms with van der Waals surface area (Å²) in [5.74, 6) is 0.829. The Hall–Kier alpha value is -2.32. The highest BCUT2D eigenvalue weighted by Gasteiger charge is 2.30. The smallest absolute Gasteiger partial charge is 0.256 e. The van der Waals surface area contributed by atoms with Crippen LogP contribution in [0, 0.1) is 0 Å². The summed E-state index contributed by atoms with van der Waals surface area (Å²) in [4.78, 5) is 25.0. The van der Waals surface area contributed by atoms with Gasteiger partial charge in [0.1, 0.15) is 6.17 Å². The predicted molar refractivity (Wildman–Crippen MR) is 120 cm³/mol. The number of anilines is 1. The average molecular weight is 429 g/mol. The van der Waals surface area contributed by atoms with Gasteiger partial charge in [0.15, 0.2) is 0 Å². The molecule has 1 saturated carbocycles. The number of nitrogens with one attached hydrogen (secondary N) is 3. The van der Waals surface area contributed by atoms with E-state index in [9.17, 15) is 9.18 Å². The lowest BCUT2D eigenvalue weighted by atomic mass is 9.80. The number of nitrogens with zero attached hydrogens (tertiary/aromatic N) is 2. The summed E-state index contributed by atoms with van der Waals surface area (Å²) in [5, 5.41) is 6.62. The zero-order chi connectivity index (χ0) is 21.6. The Kier molecular flexibility index (Phi) is 7.29. The third kappa shape index (κ3) is 5.68. The second kappa shape index (κ2) is 10.3. The van der Waals surface area contributed by atoms with Crippen LogP contribution in [0.25, 0.3) is 0 Å². The van der Waals surface area contributed by atoms with Gasteiger partial charge in [0, 0.05) is 36.5 Å². The number of H-pyrrole nitrogens is 1. The number of nitrogens with two attached hydrogens (primary N) is 1. The maximum atomic E-state index is 13.7. The van der Waals surface area contributed by atoms with E-state index < -0.39 is 6.17 Å². The molecule has 168 valence electrons.